The van der Waals surface area contributed by atoms with Gasteiger partial charge in [0.05, 0.1) is 5.56 Å². The molecule has 0 spiro atoms. The summed E-state index contributed by atoms with van der Waals surface area (Å²) in [5, 5.41) is 13.8. The lowest BCUT2D eigenvalue weighted by Gasteiger charge is -2.30. The van der Waals surface area contributed by atoms with Crippen molar-refractivity contribution in [2.45, 2.75) is 44.3 Å². The number of carbonyl (C=O) groups excluding carboxylic acids is 1. The van der Waals surface area contributed by atoms with Crippen LogP contribution < -0.4 is 21.9 Å². The summed E-state index contributed by atoms with van der Waals surface area (Å²) in [6.07, 6.45) is -1.97. The third-order valence-electron chi connectivity index (χ3n) is 4.75. The number of anilines is 1. The number of halogens is 3. The Labute approximate surface area is 154 Å². The monoisotopic (exact) mass is 388 g/mol. The van der Waals surface area contributed by atoms with Crippen LogP contribution in [0, 0.1) is 5.92 Å². The number of rotatable bonds is 6. The van der Waals surface area contributed by atoms with E-state index in [4.69, 9.17) is 10.9 Å². The van der Waals surface area contributed by atoms with Crippen molar-refractivity contribution in [1.29, 1.82) is 0 Å². The molecule has 1 aliphatic rings. The van der Waals surface area contributed by atoms with E-state index in [0.717, 1.165) is 31.0 Å². The number of amides is 2. The van der Waals surface area contributed by atoms with E-state index in [1.165, 1.54) is 0 Å². The maximum absolute atomic E-state index is 13.3. The number of nitrogens with one attached hydrogen (secondary N) is 3. The molecular formula is C17H23F3N4O3. The van der Waals surface area contributed by atoms with Crippen LogP contribution in [-0.4, -0.2) is 29.7 Å². The normalized spacial score (nSPS) is 20.0. The minimum atomic E-state index is -4.54. The summed E-state index contributed by atoms with van der Waals surface area (Å²) in [7, 11) is 0. The van der Waals surface area contributed by atoms with Crippen LogP contribution in [0.1, 0.15) is 48.0 Å². The van der Waals surface area contributed by atoms with Crippen molar-refractivity contribution < 1.29 is 27.9 Å². The molecule has 1 saturated carbocycles. The van der Waals surface area contributed by atoms with Crippen molar-refractivity contribution in [2.75, 3.05) is 11.9 Å². The van der Waals surface area contributed by atoms with Crippen molar-refractivity contribution in [1.82, 2.24) is 10.7 Å². The maximum Gasteiger partial charge on any atom is 0.418 e. The Morgan fingerprint density at radius 3 is 2.41 bits per heavy atom. The number of hydrogen-bond donors (Lipinski definition) is 5. The average molecular weight is 388 g/mol. The zero-order chi connectivity index (χ0) is 20.0. The molecule has 1 aromatic rings. The van der Waals surface area contributed by atoms with Gasteiger partial charge in [-0.1, -0.05) is 0 Å². The van der Waals surface area contributed by atoms with E-state index in [-0.39, 0.29) is 17.3 Å². The molecule has 10 heteroatoms. The van der Waals surface area contributed by atoms with Crippen LogP contribution in [0.2, 0.25) is 0 Å². The third-order valence-corrected chi connectivity index (χ3v) is 4.75. The van der Waals surface area contributed by atoms with Gasteiger partial charge in [0.2, 0.25) is 0 Å². The first kappa shape index (κ1) is 20.8. The van der Waals surface area contributed by atoms with Gasteiger partial charge >= 0.3 is 12.3 Å². The molecule has 7 nitrogen and oxygen atoms in total. The number of nitrogen functional groups attached to an aromatic ring is 1. The highest BCUT2D eigenvalue weighted by Gasteiger charge is 2.34. The molecule has 0 radical (unpaired) electrons. The van der Waals surface area contributed by atoms with Crippen molar-refractivity contribution in [3.8, 4) is 0 Å². The van der Waals surface area contributed by atoms with E-state index in [0.29, 0.717) is 31.7 Å². The molecule has 150 valence electrons. The Hall–Kier alpha value is -2.49. The molecule has 0 aliphatic heterocycles. The molecule has 2 rings (SSSR count). The van der Waals surface area contributed by atoms with Crippen LogP contribution in [0.5, 0.6) is 0 Å². The molecule has 0 bridgehead atoms. The highest BCUT2D eigenvalue weighted by atomic mass is 19.4. The molecule has 6 N–H and O–H groups in total. The molecule has 0 atom stereocenters. The van der Waals surface area contributed by atoms with Gasteiger partial charge in [-0.25, -0.2) is 10.6 Å². The first-order chi connectivity index (χ1) is 12.7. The summed E-state index contributed by atoms with van der Waals surface area (Å²) in [6, 6.07) is 2.97. The van der Waals surface area contributed by atoms with Crippen LogP contribution in [0.25, 0.3) is 0 Å². The van der Waals surface area contributed by atoms with Crippen molar-refractivity contribution in [3.05, 3.63) is 29.3 Å². The lowest BCUT2D eigenvalue weighted by molar-refractivity contribution is -0.137. The van der Waals surface area contributed by atoms with E-state index in [2.05, 4.69) is 10.6 Å². The number of carbonyl (C=O) groups is 2. The summed E-state index contributed by atoms with van der Waals surface area (Å²) in [5.41, 5.74) is 0.982. The lowest BCUT2D eigenvalue weighted by atomic mass is 9.84. The molecule has 1 fully saturated rings. The molecule has 0 saturated heterocycles. The van der Waals surface area contributed by atoms with Gasteiger partial charge in [-0.05, 0) is 56.2 Å². The quantitative estimate of drug-likeness (QED) is 0.292. The van der Waals surface area contributed by atoms with Gasteiger partial charge < -0.3 is 15.7 Å². The van der Waals surface area contributed by atoms with E-state index >= 15 is 0 Å². The summed E-state index contributed by atoms with van der Waals surface area (Å²) in [5.74, 6) is 4.73. The number of nitrogens with two attached hydrogens (primary N) is 1. The van der Waals surface area contributed by atoms with E-state index in [1.54, 1.807) is 0 Å². The zero-order valence-electron chi connectivity index (χ0n) is 14.6. The molecular weight excluding hydrogens is 365 g/mol. The Kier molecular flexibility index (Phi) is 6.89. The van der Waals surface area contributed by atoms with Crippen molar-refractivity contribution >= 4 is 17.7 Å². The van der Waals surface area contributed by atoms with Gasteiger partial charge in [0.15, 0.2) is 0 Å². The Morgan fingerprint density at radius 1 is 1.19 bits per heavy atom. The maximum atomic E-state index is 13.3. The summed E-state index contributed by atoms with van der Waals surface area (Å²) >= 11 is 0. The second-order valence-corrected chi connectivity index (χ2v) is 6.61. The fourth-order valence-electron chi connectivity index (χ4n) is 3.33. The smallest absolute Gasteiger partial charge is 0.418 e. The van der Waals surface area contributed by atoms with Gasteiger partial charge in [-0.3, -0.25) is 10.2 Å². The number of benzene rings is 1. The number of alkyl halides is 3. The topological polar surface area (TPSA) is 116 Å². The van der Waals surface area contributed by atoms with Crippen LogP contribution in [-0.2, 0) is 6.18 Å². The fraction of sp³-hybridized carbons (Fsp3) is 0.529. The summed E-state index contributed by atoms with van der Waals surface area (Å²) < 4.78 is 39.8. The minimum absolute atomic E-state index is 0.0430. The Bertz CT molecular complexity index is 674. The molecule has 1 aliphatic carbocycles. The van der Waals surface area contributed by atoms with E-state index < -0.39 is 23.7 Å². The van der Waals surface area contributed by atoms with Gasteiger partial charge in [0, 0.05) is 23.8 Å². The van der Waals surface area contributed by atoms with Crippen molar-refractivity contribution in [2.24, 2.45) is 11.8 Å². The number of hydrogen-bond acceptors (Lipinski definition) is 4. The predicted octanol–water partition coefficient (Wildman–Crippen LogP) is 2.94. The van der Waals surface area contributed by atoms with Gasteiger partial charge in [-0.15, -0.1) is 0 Å². The molecule has 0 aromatic heterocycles. The molecule has 1 aromatic carbocycles. The molecule has 0 heterocycles. The van der Waals surface area contributed by atoms with Crippen LogP contribution in [0.3, 0.4) is 0 Å². The van der Waals surface area contributed by atoms with E-state index in [9.17, 15) is 22.8 Å². The molecule has 2 amide bonds. The second-order valence-electron chi connectivity index (χ2n) is 6.61. The SMILES string of the molecule is NNC(=O)c1ccc(C(F)(F)F)c(NC2CCC(CCNC(=O)O)CC2)c1. The fourth-order valence-corrected chi connectivity index (χ4v) is 3.33. The van der Waals surface area contributed by atoms with Crippen LogP contribution >= 0.6 is 0 Å². The molecule has 27 heavy (non-hydrogen) atoms. The standard InChI is InChI=1S/C17H23F3N4O3/c18-17(19,20)13-6-3-11(15(25)24-21)9-14(13)23-12-4-1-10(2-5-12)7-8-22-16(26)27/h3,6,9-10,12,22-23H,1-2,4-5,7-8,21H2,(H,24,25)(H,26,27). The molecule has 0 unspecified atom stereocenters. The lowest BCUT2D eigenvalue weighted by Crippen LogP contribution is -2.31. The Morgan fingerprint density at radius 2 is 1.85 bits per heavy atom. The first-order valence-corrected chi connectivity index (χ1v) is 8.66. The largest absolute Gasteiger partial charge is 0.465 e. The summed E-state index contributed by atoms with van der Waals surface area (Å²) in [6.45, 7) is 0.368. The van der Waals surface area contributed by atoms with Gasteiger partial charge in [0.25, 0.3) is 5.91 Å². The average Bonchev–Trinajstić information content (AvgIpc) is 2.61. The van der Waals surface area contributed by atoms with E-state index in [1.807, 2.05) is 5.43 Å². The van der Waals surface area contributed by atoms with Crippen molar-refractivity contribution in [3.63, 3.8) is 0 Å². The summed E-state index contributed by atoms with van der Waals surface area (Å²) in [4.78, 5) is 22.1. The third kappa shape index (κ3) is 6.02. The highest BCUT2D eigenvalue weighted by Crippen LogP contribution is 2.37. The first-order valence-electron chi connectivity index (χ1n) is 8.66. The Balaban J connectivity index is 2.02. The number of hydrazine groups is 1. The zero-order valence-corrected chi connectivity index (χ0v) is 14.6. The minimum Gasteiger partial charge on any atom is -0.465 e. The number of carboxylic acid groups (broad SMARTS) is 1. The second kappa shape index (κ2) is 8.94. The van der Waals surface area contributed by atoms with Gasteiger partial charge in [-0.2, -0.15) is 13.2 Å². The van der Waals surface area contributed by atoms with Crippen LogP contribution in [0.15, 0.2) is 18.2 Å². The van der Waals surface area contributed by atoms with Crippen LogP contribution in [0.4, 0.5) is 23.7 Å². The predicted molar refractivity (Wildman–Crippen MR) is 93.1 cm³/mol. The van der Waals surface area contributed by atoms with Gasteiger partial charge in [0.1, 0.15) is 0 Å². The highest BCUT2D eigenvalue weighted by molar-refractivity contribution is 5.95.